The highest BCUT2D eigenvalue weighted by Crippen LogP contribution is 2.35. The van der Waals surface area contributed by atoms with E-state index in [-0.39, 0.29) is 12.4 Å². The minimum absolute atomic E-state index is 0.240. The summed E-state index contributed by atoms with van der Waals surface area (Å²) in [4.78, 5) is 23.0. The van der Waals surface area contributed by atoms with Crippen molar-refractivity contribution in [2.24, 2.45) is 10.8 Å². The largest absolute Gasteiger partial charge is 0.481 e. The molecule has 0 aromatic rings. The third kappa shape index (κ3) is 5.20. The predicted molar refractivity (Wildman–Crippen MR) is 65.7 cm³/mol. The Hall–Kier alpha value is -1.06. The molecular formula is C13H24O4. The monoisotopic (exact) mass is 244 g/mol. The molecule has 0 heterocycles. The first-order valence-electron chi connectivity index (χ1n) is 5.75. The van der Waals surface area contributed by atoms with Gasteiger partial charge in [0.15, 0.2) is 0 Å². The van der Waals surface area contributed by atoms with E-state index < -0.39 is 22.4 Å². The lowest BCUT2D eigenvalue weighted by molar-refractivity contribution is -0.169. The maximum absolute atomic E-state index is 12.0. The Morgan fingerprint density at radius 3 is 1.65 bits per heavy atom. The second-order valence-corrected chi connectivity index (χ2v) is 6.75. The summed E-state index contributed by atoms with van der Waals surface area (Å²) >= 11 is 0. The lowest BCUT2D eigenvalue weighted by atomic mass is 9.75. The van der Waals surface area contributed by atoms with E-state index in [1.807, 2.05) is 0 Å². The predicted octanol–water partition coefficient (Wildman–Crippen LogP) is 2.86. The number of aliphatic carboxylic acids is 1. The topological polar surface area (TPSA) is 63.6 Å². The number of carboxylic acids is 1. The van der Waals surface area contributed by atoms with Crippen LogP contribution >= 0.6 is 0 Å². The summed E-state index contributed by atoms with van der Waals surface area (Å²) in [6.45, 7) is 12.0. The first-order chi connectivity index (χ1) is 7.28. The van der Waals surface area contributed by atoms with Crippen molar-refractivity contribution in [3.05, 3.63) is 0 Å². The highest BCUT2D eigenvalue weighted by molar-refractivity contribution is 5.79. The summed E-state index contributed by atoms with van der Waals surface area (Å²) in [6, 6.07) is 0. The molecule has 0 fully saturated rings. The van der Waals surface area contributed by atoms with Crippen LogP contribution in [0.4, 0.5) is 0 Å². The number of carboxylic acid groups (broad SMARTS) is 1. The summed E-state index contributed by atoms with van der Waals surface area (Å²) in [5, 5.41) is 9.07. The van der Waals surface area contributed by atoms with Crippen molar-refractivity contribution in [1.82, 2.24) is 0 Å². The molecule has 0 aliphatic rings. The van der Waals surface area contributed by atoms with Gasteiger partial charge in [0.05, 0.1) is 10.8 Å². The van der Waals surface area contributed by atoms with Crippen molar-refractivity contribution < 1.29 is 19.4 Å². The van der Waals surface area contributed by atoms with Gasteiger partial charge in [0.1, 0.15) is 5.60 Å². The van der Waals surface area contributed by atoms with E-state index in [1.54, 1.807) is 48.5 Å². The summed E-state index contributed by atoms with van der Waals surface area (Å²) in [5.74, 6) is -1.27. The molecular weight excluding hydrogens is 220 g/mol. The third-order valence-electron chi connectivity index (χ3n) is 2.41. The van der Waals surface area contributed by atoms with E-state index in [4.69, 9.17) is 9.84 Å². The quantitative estimate of drug-likeness (QED) is 0.772. The van der Waals surface area contributed by atoms with Gasteiger partial charge in [0.2, 0.25) is 0 Å². The van der Waals surface area contributed by atoms with Gasteiger partial charge in [-0.2, -0.15) is 0 Å². The van der Waals surface area contributed by atoms with Crippen LogP contribution in [0.15, 0.2) is 0 Å². The van der Waals surface area contributed by atoms with Crippen LogP contribution in [0, 0.1) is 10.8 Å². The molecule has 0 aliphatic heterocycles. The standard InChI is InChI=1S/C13H24O4/c1-11(2,3)17-10(16)13(6,7)8-12(4,5)9(14)15/h8H2,1-7H3,(H,14,15). The number of esters is 1. The van der Waals surface area contributed by atoms with Crippen LogP contribution in [0.25, 0.3) is 0 Å². The molecule has 100 valence electrons. The molecule has 0 aliphatic carbocycles. The Morgan fingerprint density at radius 1 is 0.941 bits per heavy atom. The van der Waals surface area contributed by atoms with Crippen molar-refractivity contribution in [2.75, 3.05) is 0 Å². The highest BCUT2D eigenvalue weighted by atomic mass is 16.6. The fraction of sp³-hybridized carbons (Fsp3) is 0.846. The summed E-state index contributed by atoms with van der Waals surface area (Å²) < 4.78 is 5.30. The van der Waals surface area contributed by atoms with Crippen LogP contribution in [0.5, 0.6) is 0 Å². The van der Waals surface area contributed by atoms with Gasteiger partial charge >= 0.3 is 11.9 Å². The Morgan fingerprint density at radius 2 is 1.35 bits per heavy atom. The smallest absolute Gasteiger partial charge is 0.312 e. The van der Waals surface area contributed by atoms with Crippen molar-refractivity contribution in [3.8, 4) is 0 Å². The van der Waals surface area contributed by atoms with Crippen LogP contribution in [0.3, 0.4) is 0 Å². The van der Waals surface area contributed by atoms with E-state index in [0.717, 1.165) is 0 Å². The minimum atomic E-state index is -0.944. The summed E-state index contributed by atoms with van der Waals surface area (Å²) in [7, 11) is 0. The van der Waals surface area contributed by atoms with E-state index in [0.29, 0.717) is 0 Å². The molecule has 0 saturated heterocycles. The van der Waals surface area contributed by atoms with Crippen LogP contribution in [0.2, 0.25) is 0 Å². The summed E-state index contributed by atoms with van der Waals surface area (Å²) in [6.07, 6.45) is 0.240. The normalized spacial score (nSPS) is 13.4. The number of carbonyl (C=O) groups excluding carboxylic acids is 1. The van der Waals surface area contributed by atoms with E-state index >= 15 is 0 Å². The fourth-order valence-corrected chi connectivity index (χ4v) is 1.67. The minimum Gasteiger partial charge on any atom is -0.481 e. The van der Waals surface area contributed by atoms with E-state index in [1.165, 1.54) is 0 Å². The third-order valence-corrected chi connectivity index (χ3v) is 2.41. The zero-order chi connectivity index (χ0) is 14.1. The van der Waals surface area contributed by atoms with Crippen molar-refractivity contribution >= 4 is 11.9 Å². The Kier molecular flexibility index (Phi) is 4.38. The number of hydrogen-bond acceptors (Lipinski definition) is 3. The Bertz CT molecular complexity index is 308. The molecule has 0 rings (SSSR count). The lowest BCUT2D eigenvalue weighted by Gasteiger charge is -2.32. The molecule has 4 nitrogen and oxygen atoms in total. The molecule has 0 bridgehead atoms. The fourth-order valence-electron chi connectivity index (χ4n) is 1.67. The van der Waals surface area contributed by atoms with Crippen LogP contribution in [-0.4, -0.2) is 22.6 Å². The van der Waals surface area contributed by atoms with Crippen molar-refractivity contribution in [2.45, 2.75) is 60.5 Å². The molecule has 0 spiro atoms. The molecule has 0 atom stereocenters. The van der Waals surface area contributed by atoms with Gasteiger partial charge in [-0.3, -0.25) is 9.59 Å². The first-order valence-corrected chi connectivity index (χ1v) is 5.75. The molecule has 0 amide bonds. The van der Waals surface area contributed by atoms with Gasteiger partial charge in [-0.25, -0.2) is 0 Å². The number of rotatable bonds is 4. The highest BCUT2D eigenvalue weighted by Gasteiger charge is 2.41. The average molecular weight is 244 g/mol. The van der Waals surface area contributed by atoms with Gasteiger partial charge < -0.3 is 9.84 Å². The van der Waals surface area contributed by atoms with Gasteiger partial charge in [0, 0.05) is 0 Å². The first kappa shape index (κ1) is 15.9. The molecule has 17 heavy (non-hydrogen) atoms. The molecule has 4 heteroatoms. The van der Waals surface area contributed by atoms with E-state index in [9.17, 15) is 9.59 Å². The Labute approximate surface area is 103 Å². The molecule has 0 radical (unpaired) electrons. The molecule has 0 saturated carbocycles. The van der Waals surface area contributed by atoms with Gasteiger partial charge in [0.25, 0.3) is 0 Å². The van der Waals surface area contributed by atoms with Gasteiger partial charge in [-0.05, 0) is 54.9 Å². The maximum Gasteiger partial charge on any atom is 0.312 e. The number of ether oxygens (including phenoxy) is 1. The zero-order valence-corrected chi connectivity index (χ0v) is 11.9. The zero-order valence-electron chi connectivity index (χ0n) is 11.9. The van der Waals surface area contributed by atoms with Gasteiger partial charge in [-0.1, -0.05) is 0 Å². The average Bonchev–Trinajstić information content (AvgIpc) is 1.97. The Balaban J connectivity index is 4.80. The SMILES string of the molecule is CC(C)(C)OC(=O)C(C)(C)CC(C)(C)C(=O)O. The maximum atomic E-state index is 12.0. The van der Waals surface area contributed by atoms with Crippen LogP contribution in [0.1, 0.15) is 54.9 Å². The van der Waals surface area contributed by atoms with E-state index in [2.05, 4.69) is 0 Å². The van der Waals surface area contributed by atoms with Gasteiger partial charge in [-0.15, -0.1) is 0 Å². The van der Waals surface area contributed by atoms with Crippen LogP contribution in [-0.2, 0) is 14.3 Å². The summed E-state index contributed by atoms with van der Waals surface area (Å²) in [5.41, 5.74) is -2.31. The van der Waals surface area contributed by atoms with Crippen molar-refractivity contribution in [3.63, 3.8) is 0 Å². The molecule has 0 unspecified atom stereocenters. The molecule has 1 N–H and O–H groups in total. The number of carbonyl (C=O) groups is 2. The van der Waals surface area contributed by atoms with Crippen molar-refractivity contribution in [1.29, 1.82) is 0 Å². The lowest BCUT2D eigenvalue weighted by Crippen LogP contribution is -2.39. The number of hydrogen-bond donors (Lipinski definition) is 1. The molecule has 0 aromatic carbocycles. The molecule has 0 aromatic heterocycles. The second-order valence-electron chi connectivity index (χ2n) is 6.75. The second kappa shape index (κ2) is 4.67. The van der Waals surface area contributed by atoms with Crippen LogP contribution < -0.4 is 0 Å².